The topological polar surface area (TPSA) is 12.0 Å². The average Bonchev–Trinajstić information content (AvgIpc) is 2.05. The number of hydrogen-bond acceptors (Lipinski definition) is 1. The summed E-state index contributed by atoms with van der Waals surface area (Å²) in [5, 5.41) is 3.52. The van der Waals surface area contributed by atoms with Gasteiger partial charge in [0.2, 0.25) is 0 Å². The van der Waals surface area contributed by atoms with Gasteiger partial charge in [-0.15, -0.1) is 0 Å². The maximum absolute atomic E-state index is 3.53. The molecule has 0 aliphatic carbocycles. The predicted molar refractivity (Wildman–Crippen MR) is 64.9 cm³/mol. The van der Waals surface area contributed by atoms with Crippen LogP contribution >= 0.6 is 15.9 Å². The molecule has 1 unspecified atom stereocenters. The van der Waals surface area contributed by atoms with Gasteiger partial charge < -0.3 is 5.32 Å². The van der Waals surface area contributed by atoms with E-state index in [0.29, 0.717) is 6.04 Å². The van der Waals surface area contributed by atoms with Crippen molar-refractivity contribution >= 4 is 21.6 Å². The van der Waals surface area contributed by atoms with Crippen molar-refractivity contribution in [3.63, 3.8) is 0 Å². The normalized spacial score (nSPS) is 23.9. The molecule has 2 rings (SSSR count). The highest BCUT2D eigenvalue weighted by Crippen LogP contribution is 2.39. The molecule has 1 aliphatic heterocycles. The van der Waals surface area contributed by atoms with Crippen LogP contribution in [0.4, 0.5) is 5.69 Å². The SMILES string of the molecule is CC1CC(C)(C)c2cc(Br)ccc2N1. The summed E-state index contributed by atoms with van der Waals surface area (Å²) >= 11 is 3.53. The van der Waals surface area contributed by atoms with Crippen molar-refractivity contribution in [1.82, 2.24) is 0 Å². The number of benzene rings is 1. The fourth-order valence-electron chi connectivity index (χ4n) is 2.39. The first kappa shape index (κ1) is 10.0. The monoisotopic (exact) mass is 253 g/mol. The number of halogens is 1. The number of nitrogens with one attached hydrogen (secondary N) is 1. The van der Waals surface area contributed by atoms with Gasteiger partial charge >= 0.3 is 0 Å². The second-order valence-electron chi connectivity index (χ2n) is 4.82. The van der Waals surface area contributed by atoms with Gasteiger partial charge in [-0.05, 0) is 42.5 Å². The number of fused-ring (bicyclic) bond motifs is 1. The fraction of sp³-hybridized carbons (Fsp3) is 0.500. The summed E-state index contributed by atoms with van der Waals surface area (Å²) in [4.78, 5) is 0. The van der Waals surface area contributed by atoms with E-state index in [-0.39, 0.29) is 5.41 Å². The van der Waals surface area contributed by atoms with E-state index in [9.17, 15) is 0 Å². The third kappa shape index (κ3) is 1.68. The Labute approximate surface area is 94.0 Å². The molecule has 1 nitrogen and oxygen atoms in total. The molecule has 76 valence electrons. The van der Waals surface area contributed by atoms with Crippen LogP contribution < -0.4 is 5.32 Å². The summed E-state index contributed by atoms with van der Waals surface area (Å²) < 4.78 is 1.17. The van der Waals surface area contributed by atoms with Gasteiger partial charge in [-0.2, -0.15) is 0 Å². The molecule has 1 atom stereocenters. The van der Waals surface area contributed by atoms with Crippen molar-refractivity contribution in [3.8, 4) is 0 Å². The molecule has 1 aromatic carbocycles. The highest BCUT2D eigenvalue weighted by Gasteiger charge is 2.30. The maximum Gasteiger partial charge on any atom is 0.0381 e. The second-order valence-corrected chi connectivity index (χ2v) is 5.74. The molecule has 2 heteroatoms. The Hall–Kier alpha value is -0.500. The Kier molecular flexibility index (Phi) is 2.34. The zero-order valence-corrected chi connectivity index (χ0v) is 10.5. The maximum atomic E-state index is 3.53. The van der Waals surface area contributed by atoms with Crippen LogP contribution in [0.1, 0.15) is 32.8 Å². The van der Waals surface area contributed by atoms with E-state index in [1.54, 1.807) is 0 Å². The van der Waals surface area contributed by atoms with Crippen molar-refractivity contribution in [3.05, 3.63) is 28.2 Å². The van der Waals surface area contributed by atoms with E-state index in [4.69, 9.17) is 0 Å². The minimum Gasteiger partial charge on any atom is -0.382 e. The minimum atomic E-state index is 0.282. The predicted octanol–water partition coefficient (Wildman–Crippen LogP) is 3.93. The first-order valence-electron chi connectivity index (χ1n) is 5.05. The number of anilines is 1. The molecule has 1 aromatic rings. The molecule has 1 heterocycles. The van der Waals surface area contributed by atoms with Crippen LogP contribution in [-0.4, -0.2) is 6.04 Å². The van der Waals surface area contributed by atoms with E-state index in [1.807, 2.05) is 0 Å². The molecule has 0 fully saturated rings. The summed E-state index contributed by atoms with van der Waals surface area (Å²) in [6.45, 7) is 6.87. The van der Waals surface area contributed by atoms with Crippen LogP contribution in [0.2, 0.25) is 0 Å². The van der Waals surface area contributed by atoms with Crippen molar-refractivity contribution in [2.75, 3.05) is 5.32 Å². The van der Waals surface area contributed by atoms with Crippen LogP contribution in [0.25, 0.3) is 0 Å². The highest BCUT2D eigenvalue weighted by atomic mass is 79.9. The zero-order valence-electron chi connectivity index (χ0n) is 8.89. The lowest BCUT2D eigenvalue weighted by molar-refractivity contribution is 0.434. The molecule has 0 amide bonds. The van der Waals surface area contributed by atoms with Crippen molar-refractivity contribution < 1.29 is 0 Å². The van der Waals surface area contributed by atoms with Gasteiger partial charge in [-0.3, -0.25) is 0 Å². The van der Waals surface area contributed by atoms with Gasteiger partial charge in [0, 0.05) is 16.2 Å². The molecular formula is C12H16BrN. The molecule has 0 spiro atoms. The van der Waals surface area contributed by atoms with E-state index in [0.717, 1.165) is 0 Å². The molecule has 0 saturated heterocycles. The van der Waals surface area contributed by atoms with E-state index in [1.165, 1.54) is 22.1 Å². The Bertz CT molecular complexity index is 357. The molecule has 1 N–H and O–H groups in total. The summed E-state index contributed by atoms with van der Waals surface area (Å²) in [7, 11) is 0. The third-order valence-electron chi connectivity index (χ3n) is 2.93. The Morgan fingerprint density at radius 3 is 2.86 bits per heavy atom. The van der Waals surface area contributed by atoms with Gasteiger partial charge in [0.25, 0.3) is 0 Å². The third-order valence-corrected chi connectivity index (χ3v) is 3.42. The average molecular weight is 254 g/mol. The van der Waals surface area contributed by atoms with Crippen LogP contribution in [0.3, 0.4) is 0 Å². The molecule has 14 heavy (non-hydrogen) atoms. The lowest BCUT2D eigenvalue weighted by Crippen LogP contribution is -2.34. The molecular weight excluding hydrogens is 238 g/mol. The van der Waals surface area contributed by atoms with E-state index in [2.05, 4.69) is 60.2 Å². The van der Waals surface area contributed by atoms with Crippen LogP contribution in [0, 0.1) is 0 Å². The summed E-state index contributed by atoms with van der Waals surface area (Å²) in [6.07, 6.45) is 1.19. The molecule has 0 bridgehead atoms. The van der Waals surface area contributed by atoms with E-state index < -0.39 is 0 Å². The van der Waals surface area contributed by atoms with E-state index >= 15 is 0 Å². The molecule has 0 saturated carbocycles. The molecule has 1 aliphatic rings. The van der Waals surface area contributed by atoms with Crippen LogP contribution in [0.5, 0.6) is 0 Å². The number of rotatable bonds is 0. The van der Waals surface area contributed by atoms with Crippen molar-refractivity contribution in [2.45, 2.75) is 38.6 Å². The summed E-state index contributed by atoms with van der Waals surface area (Å²) in [5.41, 5.74) is 2.99. The van der Waals surface area contributed by atoms with Gasteiger partial charge in [-0.25, -0.2) is 0 Å². The molecule has 0 aromatic heterocycles. The Morgan fingerprint density at radius 1 is 1.43 bits per heavy atom. The van der Waals surface area contributed by atoms with Crippen molar-refractivity contribution in [2.24, 2.45) is 0 Å². The van der Waals surface area contributed by atoms with Crippen LogP contribution in [-0.2, 0) is 5.41 Å². The highest BCUT2D eigenvalue weighted by molar-refractivity contribution is 9.10. The van der Waals surface area contributed by atoms with Gasteiger partial charge in [0.05, 0.1) is 0 Å². The second kappa shape index (κ2) is 3.27. The van der Waals surface area contributed by atoms with Crippen molar-refractivity contribution in [1.29, 1.82) is 0 Å². The Morgan fingerprint density at radius 2 is 2.14 bits per heavy atom. The zero-order chi connectivity index (χ0) is 10.3. The standard InChI is InChI=1S/C12H16BrN/c1-8-7-12(2,3)10-6-9(13)4-5-11(10)14-8/h4-6,8,14H,7H2,1-3H3. The van der Waals surface area contributed by atoms with Gasteiger partial charge in [-0.1, -0.05) is 29.8 Å². The first-order valence-corrected chi connectivity index (χ1v) is 5.85. The lowest BCUT2D eigenvalue weighted by Gasteiger charge is -2.37. The summed E-state index contributed by atoms with van der Waals surface area (Å²) in [6, 6.07) is 7.06. The van der Waals surface area contributed by atoms with Crippen LogP contribution in [0.15, 0.2) is 22.7 Å². The quantitative estimate of drug-likeness (QED) is 0.739. The smallest absolute Gasteiger partial charge is 0.0381 e. The molecule has 0 radical (unpaired) electrons. The lowest BCUT2D eigenvalue weighted by atomic mass is 9.76. The minimum absolute atomic E-state index is 0.282. The largest absolute Gasteiger partial charge is 0.382 e. The Balaban J connectivity index is 2.53. The van der Waals surface area contributed by atoms with Gasteiger partial charge in [0.1, 0.15) is 0 Å². The first-order chi connectivity index (χ1) is 6.49. The summed E-state index contributed by atoms with van der Waals surface area (Å²) in [5.74, 6) is 0. The fourth-order valence-corrected chi connectivity index (χ4v) is 2.76. The van der Waals surface area contributed by atoms with Gasteiger partial charge in [0.15, 0.2) is 0 Å². The number of hydrogen-bond donors (Lipinski definition) is 1.